The van der Waals surface area contributed by atoms with Crippen LogP contribution in [0.1, 0.15) is 40.0 Å². The molecule has 0 saturated carbocycles. The summed E-state index contributed by atoms with van der Waals surface area (Å²) in [7, 11) is -3.00. The third-order valence-electron chi connectivity index (χ3n) is 2.78. The van der Waals surface area contributed by atoms with Crippen LogP contribution in [-0.2, 0) is 10.0 Å². The van der Waals surface area contributed by atoms with Gasteiger partial charge in [0.25, 0.3) is 0 Å². The SMILES string of the molecule is CCS(=O)(=O)N1CCCCC1(C)C. The van der Waals surface area contributed by atoms with Crippen LogP contribution in [0.5, 0.6) is 0 Å². The molecule has 1 fully saturated rings. The lowest BCUT2D eigenvalue weighted by Gasteiger charge is -2.41. The second kappa shape index (κ2) is 3.58. The average molecular weight is 205 g/mol. The van der Waals surface area contributed by atoms with Crippen LogP contribution in [0.25, 0.3) is 0 Å². The Kier molecular flexibility index (Phi) is 3.02. The zero-order valence-electron chi connectivity index (χ0n) is 8.71. The summed E-state index contributed by atoms with van der Waals surface area (Å²) in [5, 5.41) is 0. The molecule has 1 saturated heterocycles. The summed E-state index contributed by atoms with van der Waals surface area (Å²) < 4.78 is 25.1. The fourth-order valence-electron chi connectivity index (χ4n) is 1.91. The van der Waals surface area contributed by atoms with Gasteiger partial charge in [0, 0.05) is 12.1 Å². The predicted molar refractivity (Wildman–Crippen MR) is 54.1 cm³/mol. The fourth-order valence-corrected chi connectivity index (χ4v) is 3.48. The molecule has 1 heterocycles. The first-order valence-corrected chi connectivity index (χ1v) is 6.51. The van der Waals surface area contributed by atoms with Crippen molar-refractivity contribution in [1.29, 1.82) is 0 Å². The van der Waals surface area contributed by atoms with Crippen molar-refractivity contribution in [3.05, 3.63) is 0 Å². The number of hydrogen-bond acceptors (Lipinski definition) is 2. The van der Waals surface area contributed by atoms with E-state index in [9.17, 15) is 8.42 Å². The van der Waals surface area contributed by atoms with E-state index in [2.05, 4.69) is 0 Å². The quantitative estimate of drug-likeness (QED) is 0.686. The Morgan fingerprint density at radius 2 is 1.92 bits per heavy atom. The van der Waals surface area contributed by atoms with E-state index in [0.717, 1.165) is 19.3 Å². The van der Waals surface area contributed by atoms with E-state index in [1.54, 1.807) is 11.2 Å². The van der Waals surface area contributed by atoms with Crippen molar-refractivity contribution in [3.8, 4) is 0 Å². The molecule has 1 aliphatic rings. The maximum Gasteiger partial charge on any atom is 0.214 e. The Morgan fingerprint density at radius 1 is 1.31 bits per heavy atom. The zero-order valence-corrected chi connectivity index (χ0v) is 9.52. The number of sulfonamides is 1. The molecule has 0 aromatic carbocycles. The molecule has 0 aliphatic carbocycles. The van der Waals surface area contributed by atoms with Crippen LogP contribution < -0.4 is 0 Å². The minimum Gasteiger partial charge on any atom is -0.212 e. The lowest BCUT2D eigenvalue weighted by atomic mass is 9.93. The monoisotopic (exact) mass is 205 g/mol. The lowest BCUT2D eigenvalue weighted by Crippen LogP contribution is -2.51. The molecule has 0 amide bonds. The number of nitrogens with zero attached hydrogens (tertiary/aromatic N) is 1. The van der Waals surface area contributed by atoms with Crippen LogP contribution in [0.4, 0.5) is 0 Å². The Hall–Kier alpha value is -0.0900. The minimum atomic E-state index is -3.00. The van der Waals surface area contributed by atoms with Crippen LogP contribution in [0.2, 0.25) is 0 Å². The van der Waals surface area contributed by atoms with E-state index >= 15 is 0 Å². The summed E-state index contributed by atoms with van der Waals surface area (Å²) in [4.78, 5) is 0. The third-order valence-corrected chi connectivity index (χ3v) is 4.85. The molecule has 4 heteroatoms. The van der Waals surface area contributed by atoms with Crippen molar-refractivity contribution < 1.29 is 8.42 Å². The summed E-state index contributed by atoms with van der Waals surface area (Å²) in [5.41, 5.74) is -0.174. The molecular weight excluding hydrogens is 186 g/mol. The van der Waals surface area contributed by atoms with Gasteiger partial charge in [-0.1, -0.05) is 6.42 Å². The molecule has 0 aromatic rings. The topological polar surface area (TPSA) is 37.4 Å². The van der Waals surface area contributed by atoms with Crippen LogP contribution in [-0.4, -0.2) is 30.6 Å². The summed E-state index contributed by atoms with van der Waals surface area (Å²) in [6.45, 7) is 6.43. The van der Waals surface area contributed by atoms with Gasteiger partial charge >= 0.3 is 0 Å². The first kappa shape index (κ1) is 11.0. The van der Waals surface area contributed by atoms with Gasteiger partial charge in [-0.2, -0.15) is 4.31 Å². The summed E-state index contributed by atoms with van der Waals surface area (Å²) >= 11 is 0. The molecule has 13 heavy (non-hydrogen) atoms. The molecule has 1 aliphatic heterocycles. The highest BCUT2D eigenvalue weighted by atomic mass is 32.2. The van der Waals surface area contributed by atoms with Crippen molar-refractivity contribution in [2.45, 2.75) is 45.6 Å². The third kappa shape index (κ3) is 2.23. The minimum absolute atomic E-state index is 0.174. The molecule has 1 rings (SSSR count). The fraction of sp³-hybridized carbons (Fsp3) is 1.00. The largest absolute Gasteiger partial charge is 0.214 e. The molecule has 3 nitrogen and oxygen atoms in total. The second-order valence-corrected chi connectivity index (χ2v) is 6.42. The summed E-state index contributed by atoms with van der Waals surface area (Å²) in [6.07, 6.45) is 3.12. The van der Waals surface area contributed by atoms with Crippen LogP contribution in [0.15, 0.2) is 0 Å². The molecular formula is C9H19NO2S. The van der Waals surface area contributed by atoms with Crippen molar-refractivity contribution in [1.82, 2.24) is 4.31 Å². The lowest BCUT2D eigenvalue weighted by molar-refractivity contribution is 0.170. The van der Waals surface area contributed by atoms with Crippen molar-refractivity contribution in [2.75, 3.05) is 12.3 Å². The van der Waals surface area contributed by atoms with Crippen molar-refractivity contribution in [2.24, 2.45) is 0 Å². The maximum absolute atomic E-state index is 11.7. The highest BCUT2D eigenvalue weighted by molar-refractivity contribution is 7.89. The Morgan fingerprint density at radius 3 is 2.38 bits per heavy atom. The first-order valence-electron chi connectivity index (χ1n) is 4.91. The van der Waals surface area contributed by atoms with Gasteiger partial charge in [0.05, 0.1) is 5.75 Å². The Bertz CT molecular complexity index is 269. The van der Waals surface area contributed by atoms with Gasteiger partial charge in [0.15, 0.2) is 0 Å². The first-order chi connectivity index (χ1) is 5.90. The van der Waals surface area contributed by atoms with Crippen LogP contribution in [0.3, 0.4) is 0 Å². The van der Waals surface area contributed by atoms with Gasteiger partial charge < -0.3 is 0 Å². The summed E-state index contributed by atoms with van der Waals surface area (Å²) in [5.74, 6) is 0.219. The molecule has 0 radical (unpaired) electrons. The van der Waals surface area contributed by atoms with Crippen LogP contribution in [0, 0.1) is 0 Å². The van der Waals surface area contributed by atoms with Gasteiger partial charge in [-0.05, 0) is 33.6 Å². The van der Waals surface area contributed by atoms with E-state index in [1.807, 2.05) is 13.8 Å². The van der Waals surface area contributed by atoms with Crippen molar-refractivity contribution in [3.63, 3.8) is 0 Å². The molecule has 78 valence electrons. The van der Waals surface area contributed by atoms with Gasteiger partial charge in [0.1, 0.15) is 0 Å². The van der Waals surface area contributed by atoms with Gasteiger partial charge in [-0.15, -0.1) is 0 Å². The average Bonchev–Trinajstić information content (AvgIpc) is 2.03. The number of hydrogen-bond donors (Lipinski definition) is 0. The highest BCUT2D eigenvalue weighted by Gasteiger charge is 2.36. The predicted octanol–water partition coefficient (Wildman–Crippen LogP) is 1.60. The van der Waals surface area contributed by atoms with Gasteiger partial charge in [-0.25, -0.2) is 8.42 Å². The van der Waals surface area contributed by atoms with Gasteiger partial charge in [-0.3, -0.25) is 0 Å². The normalized spacial score (nSPS) is 24.5. The van der Waals surface area contributed by atoms with E-state index in [4.69, 9.17) is 0 Å². The molecule has 0 atom stereocenters. The Balaban J connectivity index is 2.89. The van der Waals surface area contributed by atoms with E-state index in [0.29, 0.717) is 6.54 Å². The Labute approximate surface area is 81.2 Å². The molecule has 0 bridgehead atoms. The smallest absolute Gasteiger partial charge is 0.212 e. The van der Waals surface area contributed by atoms with E-state index < -0.39 is 10.0 Å². The summed E-state index contributed by atoms with van der Waals surface area (Å²) in [6, 6.07) is 0. The molecule has 0 N–H and O–H groups in total. The van der Waals surface area contributed by atoms with Crippen LogP contribution >= 0.6 is 0 Å². The highest BCUT2D eigenvalue weighted by Crippen LogP contribution is 2.29. The number of piperidine rings is 1. The van der Waals surface area contributed by atoms with Gasteiger partial charge in [0.2, 0.25) is 10.0 Å². The molecule has 0 spiro atoms. The molecule has 0 aromatic heterocycles. The number of rotatable bonds is 2. The standard InChI is InChI=1S/C9H19NO2S/c1-4-13(11,12)10-8-6-5-7-9(10,2)3/h4-8H2,1-3H3. The zero-order chi connectivity index (χ0) is 10.1. The van der Waals surface area contributed by atoms with E-state index in [1.165, 1.54) is 0 Å². The second-order valence-electron chi connectivity index (χ2n) is 4.24. The van der Waals surface area contributed by atoms with Crippen molar-refractivity contribution >= 4 is 10.0 Å². The van der Waals surface area contributed by atoms with E-state index in [-0.39, 0.29) is 11.3 Å². The molecule has 0 unspecified atom stereocenters. The maximum atomic E-state index is 11.7.